The Kier molecular flexibility index (Phi) is 3.27. The summed E-state index contributed by atoms with van der Waals surface area (Å²) in [5.41, 5.74) is 4.37. The van der Waals surface area contributed by atoms with Gasteiger partial charge in [0.2, 0.25) is 0 Å². The minimum atomic E-state index is -2.91. The molecule has 0 aromatic carbocycles. The van der Waals surface area contributed by atoms with Crippen LogP contribution in [0, 0.1) is 0 Å². The molecule has 116 valence electrons. The van der Waals surface area contributed by atoms with Gasteiger partial charge in [-0.05, 0) is 18.6 Å². The van der Waals surface area contributed by atoms with E-state index >= 15 is 0 Å². The van der Waals surface area contributed by atoms with Crippen molar-refractivity contribution in [3.05, 3.63) is 35.8 Å². The van der Waals surface area contributed by atoms with Gasteiger partial charge in [0.05, 0.1) is 23.2 Å². The number of fused-ring (bicyclic) bond motifs is 1. The summed E-state index contributed by atoms with van der Waals surface area (Å²) in [5.74, 6) is 0.486. The third-order valence-electron chi connectivity index (χ3n) is 4.47. The lowest BCUT2D eigenvalue weighted by molar-refractivity contribution is 0.469. The summed E-state index contributed by atoms with van der Waals surface area (Å²) in [7, 11) is -2.91. The van der Waals surface area contributed by atoms with E-state index in [1.807, 2.05) is 16.8 Å². The molecule has 1 atom stereocenters. The summed E-state index contributed by atoms with van der Waals surface area (Å²) < 4.78 is 25.6. The highest BCUT2D eigenvalue weighted by atomic mass is 32.2. The van der Waals surface area contributed by atoms with Crippen LogP contribution in [0.15, 0.2) is 24.5 Å². The van der Waals surface area contributed by atoms with E-state index in [4.69, 9.17) is 5.10 Å². The number of pyridine rings is 1. The van der Waals surface area contributed by atoms with Gasteiger partial charge in [0.1, 0.15) is 0 Å². The van der Waals surface area contributed by atoms with E-state index in [0.29, 0.717) is 6.42 Å². The molecule has 4 rings (SSSR count). The molecule has 2 aliphatic heterocycles. The summed E-state index contributed by atoms with van der Waals surface area (Å²) in [6.07, 6.45) is 5.08. The summed E-state index contributed by atoms with van der Waals surface area (Å²) in [6.45, 7) is 1.69. The van der Waals surface area contributed by atoms with Gasteiger partial charge < -0.3 is 5.32 Å². The Morgan fingerprint density at radius 2 is 2.09 bits per heavy atom. The molecule has 22 heavy (non-hydrogen) atoms. The maximum absolute atomic E-state index is 11.8. The highest BCUT2D eigenvalue weighted by Gasteiger charge is 2.33. The third kappa shape index (κ3) is 2.34. The summed E-state index contributed by atoms with van der Waals surface area (Å²) in [4.78, 5) is 4.06. The zero-order valence-corrected chi connectivity index (χ0v) is 13.0. The van der Waals surface area contributed by atoms with E-state index < -0.39 is 9.84 Å². The Balaban J connectivity index is 1.81. The Hall–Kier alpha value is -1.73. The second kappa shape index (κ2) is 5.17. The Labute approximate surface area is 129 Å². The lowest BCUT2D eigenvalue weighted by Gasteiger charge is -2.18. The van der Waals surface area contributed by atoms with Crippen LogP contribution < -0.4 is 5.32 Å². The van der Waals surface area contributed by atoms with E-state index in [2.05, 4.69) is 10.3 Å². The van der Waals surface area contributed by atoms with E-state index in [1.165, 1.54) is 11.3 Å². The molecule has 0 spiro atoms. The van der Waals surface area contributed by atoms with Crippen LogP contribution in [0.25, 0.3) is 11.3 Å². The highest BCUT2D eigenvalue weighted by Crippen LogP contribution is 2.32. The van der Waals surface area contributed by atoms with Crippen LogP contribution in [0.3, 0.4) is 0 Å². The fourth-order valence-corrected chi connectivity index (χ4v) is 5.08. The number of nitrogens with zero attached hydrogens (tertiary/aromatic N) is 3. The minimum absolute atomic E-state index is 0.0209. The van der Waals surface area contributed by atoms with Crippen molar-refractivity contribution in [2.75, 3.05) is 18.1 Å². The molecule has 0 aliphatic carbocycles. The fraction of sp³-hybridized carbons (Fsp3) is 0.467. The van der Waals surface area contributed by atoms with Crippen LogP contribution >= 0.6 is 0 Å². The number of hydrogen-bond acceptors (Lipinski definition) is 5. The first-order valence-electron chi connectivity index (χ1n) is 7.56. The highest BCUT2D eigenvalue weighted by molar-refractivity contribution is 7.91. The number of nitrogens with one attached hydrogen (secondary N) is 1. The van der Waals surface area contributed by atoms with Crippen LogP contribution in [0.1, 0.15) is 23.7 Å². The number of hydrogen-bond donors (Lipinski definition) is 1. The Morgan fingerprint density at radius 1 is 1.27 bits per heavy atom. The largest absolute Gasteiger partial charge is 0.312 e. The van der Waals surface area contributed by atoms with Crippen molar-refractivity contribution in [3.8, 4) is 11.3 Å². The zero-order valence-electron chi connectivity index (χ0n) is 12.2. The van der Waals surface area contributed by atoms with Crippen molar-refractivity contribution in [1.29, 1.82) is 0 Å². The van der Waals surface area contributed by atoms with Crippen LogP contribution in [-0.2, 0) is 22.8 Å². The molecule has 0 amide bonds. The molecule has 1 N–H and O–H groups in total. The molecule has 2 aliphatic rings. The van der Waals surface area contributed by atoms with Crippen molar-refractivity contribution >= 4 is 9.84 Å². The first kappa shape index (κ1) is 13.9. The van der Waals surface area contributed by atoms with Crippen molar-refractivity contribution in [1.82, 2.24) is 20.1 Å². The van der Waals surface area contributed by atoms with Crippen LogP contribution in [0.5, 0.6) is 0 Å². The van der Waals surface area contributed by atoms with Crippen molar-refractivity contribution in [2.45, 2.75) is 25.4 Å². The molecule has 2 aromatic rings. The van der Waals surface area contributed by atoms with E-state index in [-0.39, 0.29) is 17.5 Å². The van der Waals surface area contributed by atoms with Crippen LogP contribution in [-0.4, -0.2) is 41.2 Å². The number of aromatic nitrogens is 3. The molecule has 2 aromatic heterocycles. The Morgan fingerprint density at radius 3 is 2.82 bits per heavy atom. The lowest BCUT2D eigenvalue weighted by Crippen LogP contribution is -2.26. The van der Waals surface area contributed by atoms with Gasteiger partial charge in [-0.25, -0.2) is 8.42 Å². The molecule has 7 heteroatoms. The topological polar surface area (TPSA) is 76.9 Å². The molecule has 1 unspecified atom stereocenters. The van der Waals surface area contributed by atoms with Crippen molar-refractivity contribution < 1.29 is 8.42 Å². The lowest BCUT2D eigenvalue weighted by atomic mass is 10.0. The van der Waals surface area contributed by atoms with E-state index in [1.54, 1.807) is 12.4 Å². The van der Waals surface area contributed by atoms with Gasteiger partial charge in [-0.2, -0.15) is 5.10 Å². The van der Waals surface area contributed by atoms with Gasteiger partial charge in [-0.3, -0.25) is 9.67 Å². The molecule has 1 fully saturated rings. The summed E-state index contributed by atoms with van der Waals surface area (Å²) in [6, 6.07) is 3.88. The molecule has 0 saturated carbocycles. The minimum Gasteiger partial charge on any atom is -0.312 e. The first-order chi connectivity index (χ1) is 10.6. The second-order valence-electron chi connectivity index (χ2n) is 5.94. The predicted molar refractivity (Wildman–Crippen MR) is 83.2 cm³/mol. The molecule has 0 bridgehead atoms. The molecular formula is C15H18N4O2S. The second-order valence-corrected chi connectivity index (χ2v) is 8.17. The van der Waals surface area contributed by atoms with Crippen LogP contribution in [0.4, 0.5) is 0 Å². The van der Waals surface area contributed by atoms with Crippen molar-refractivity contribution in [3.63, 3.8) is 0 Å². The quantitative estimate of drug-likeness (QED) is 0.892. The van der Waals surface area contributed by atoms with Gasteiger partial charge in [0, 0.05) is 48.7 Å². The van der Waals surface area contributed by atoms with Crippen LogP contribution in [0.2, 0.25) is 0 Å². The average molecular weight is 318 g/mol. The molecule has 0 radical (unpaired) electrons. The number of rotatable bonds is 2. The van der Waals surface area contributed by atoms with E-state index in [0.717, 1.165) is 30.8 Å². The van der Waals surface area contributed by atoms with Gasteiger partial charge in [-0.15, -0.1) is 0 Å². The molecular weight excluding hydrogens is 300 g/mol. The third-order valence-corrected chi connectivity index (χ3v) is 6.22. The standard InChI is InChI=1S/C15H18N4O2S/c20-22(21)8-4-12(10-22)19-14-3-7-17-9-13(14)15(18-19)11-1-5-16-6-2-11/h1-2,5-6,12,17H,3-4,7-10H2. The Bertz CT molecular complexity index is 798. The number of sulfone groups is 1. The predicted octanol–water partition coefficient (Wildman–Crippen LogP) is 0.950. The van der Waals surface area contributed by atoms with Gasteiger partial charge in [0.15, 0.2) is 9.84 Å². The van der Waals surface area contributed by atoms with Gasteiger partial charge in [-0.1, -0.05) is 0 Å². The maximum Gasteiger partial charge on any atom is 0.152 e. The fourth-order valence-electron chi connectivity index (χ4n) is 3.39. The molecule has 6 nitrogen and oxygen atoms in total. The normalized spacial score (nSPS) is 23.4. The zero-order chi connectivity index (χ0) is 15.2. The monoisotopic (exact) mass is 318 g/mol. The summed E-state index contributed by atoms with van der Waals surface area (Å²) >= 11 is 0. The smallest absolute Gasteiger partial charge is 0.152 e. The maximum atomic E-state index is 11.8. The van der Waals surface area contributed by atoms with Gasteiger partial charge in [0.25, 0.3) is 0 Å². The average Bonchev–Trinajstić information content (AvgIpc) is 3.08. The SMILES string of the molecule is O=S1(=O)CCC(n2nc(-c3ccncc3)c3c2CCNC3)C1. The van der Waals surface area contributed by atoms with E-state index in [9.17, 15) is 8.42 Å². The summed E-state index contributed by atoms with van der Waals surface area (Å²) in [5, 5.41) is 8.18. The first-order valence-corrected chi connectivity index (χ1v) is 9.38. The molecule has 4 heterocycles. The van der Waals surface area contributed by atoms with Gasteiger partial charge >= 0.3 is 0 Å². The van der Waals surface area contributed by atoms with Crippen molar-refractivity contribution in [2.24, 2.45) is 0 Å². The molecule has 1 saturated heterocycles.